The lowest BCUT2D eigenvalue weighted by molar-refractivity contribution is -0.121. The lowest BCUT2D eigenvalue weighted by Crippen LogP contribution is -2.25. The third-order valence-corrected chi connectivity index (χ3v) is 4.40. The molecule has 2 aromatic heterocycles. The van der Waals surface area contributed by atoms with Gasteiger partial charge in [-0.2, -0.15) is 0 Å². The summed E-state index contributed by atoms with van der Waals surface area (Å²) in [6.07, 6.45) is 0.202. The van der Waals surface area contributed by atoms with Crippen LogP contribution in [-0.2, 0) is 17.9 Å². The van der Waals surface area contributed by atoms with E-state index < -0.39 is 5.76 Å². The molecule has 0 unspecified atom stereocenters. The highest BCUT2D eigenvalue weighted by Gasteiger charge is 2.11. The second-order valence-corrected chi connectivity index (χ2v) is 6.14. The number of aryl methyl sites for hydroxylation is 3. The smallest absolute Gasteiger partial charge is 0.408 e. The van der Waals surface area contributed by atoms with Gasteiger partial charge in [0, 0.05) is 13.0 Å². The van der Waals surface area contributed by atoms with Crippen molar-refractivity contribution in [2.75, 3.05) is 0 Å². The SMILES string of the molecule is Cc1ccc2oc(=O)n(CCC(=O)NCc3snnc3C)c2c1. The van der Waals surface area contributed by atoms with E-state index in [1.807, 2.05) is 26.0 Å². The Bertz CT molecular complexity index is 909. The Balaban J connectivity index is 1.65. The first kappa shape index (κ1) is 15.4. The number of rotatable bonds is 5. The molecule has 0 aliphatic rings. The van der Waals surface area contributed by atoms with E-state index in [0.717, 1.165) is 16.1 Å². The zero-order valence-corrected chi connectivity index (χ0v) is 13.6. The number of nitrogens with one attached hydrogen (secondary N) is 1. The Morgan fingerprint density at radius 3 is 2.96 bits per heavy atom. The fourth-order valence-electron chi connectivity index (χ4n) is 2.28. The molecule has 3 aromatic rings. The number of amides is 1. The minimum atomic E-state index is -0.444. The van der Waals surface area contributed by atoms with Crippen molar-refractivity contribution in [2.24, 2.45) is 0 Å². The quantitative estimate of drug-likeness (QED) is 0.769. The summed E-state index contributed by atoms with van der Waals surface area (Å²) in [7, 11) is 0. The van der Waals surface area contributed by atoms with Gasteiger partial charge in [-0.05, 0) is 43.1 Å². The summed E-state index contributed by atoms with van der Waals surface area (Å²) in [6, 6.07) is 5.53. The third-order valence-electron chi connectivity index (χ3n) is 3.58. The average molecular weight is 332 g/mol. The third kappa shape index (κ3) is 3.31. The van der Waals surface area contributed by atoms with E-state index in [2.05, 4.69) is 14.9 Å². The Labute approximate surface area is 136 Å². The number of oxazole rings is 1. The molecule has 0 fully saturated rings. The summed E-state index contributed by atoms with van der Waals surface area (Å²) >= 11 is 1.27. The Hall–Kier alpha value is -2.48. The van der Waals surface area contributed by atoms with Crippen LogP contribution in [0.15, 0.2) is 27.4 Å². The van der Waals surface area contributed by atoms with Crippen molar-refractivity contribution in [1.29, 1.82) is 0 Å². The number of carbonyl (C=O) groups is 1. The van der Waals surface area contributed by atoms with Gasteiger partial charge in [0.1, 0.15) is 0 Å². The minimum Gasteiger partial charge on any atom is -0.408 e. The van der Waals surface area contributed by atoms with Gasteiger partial charge in [-0.15, -0.1) is 5.10 Å². The fourth-order valence-corrected chi connectivity index (χ4v) is 2.85. The lowest BCUT2D eigenvalue weighted by Gasteiger charge is -2.05. The number of aromatic nitrogens is 3. The number of hydrogen-bond acceptors (Lipinski definition) is 6. The highest BCUT2D eigenvalue weighted by Crippen LogP contribution is 2.15. The molecule has 120 valence electrons. The van der Waals surface area contributed by atoms with Gasteiger partial charge in [-0.1, -0.05) is 10.6 Å². The molecule has 0 saturated heterocycles. The summed E-state index contributed by atoms with van der Waals surface area (Å²) in [6.45, 7) is 4.48. The van der Waals surface area contributed by atoms with Gasteiger partial charge >= 0.3 is 5.76 Å². The van der Waals surface area contributed by atoms with Crippen LogP contribution >= 0.6 is 11.5 Å². The van der Waals surface area contributed by atoms with Crippen LogP contribution in [-0.4, -0.2) is 20.1 Å². The molecule has 1 aromatic carbocycles. The zero-order chi connectivity index (χ0) is 16.4. The second kappa shape index (κ2) is 6.33. The van der Waals surface area contributed by atoms with E-state index in [-0.39, 0.29) is 18.9 Å². The van der Waals surface area contributed by atoms with Crippen LogP contribution in [0.3, 0.4) is 0 Å². The maximum absolute atomic E-state index is 12.0. The normalized spacial score (nSPS) is 11.0. The van der Waals surface area contributed by atoms with E-state index in [0.29, 0.717) is 17.6 Å². The van der Waals surface area contributed by atoms with Gasteiger partial charge < -0.3 is 9.73 Å². The Kier molecular flexibility index (Phi) is 4.24. The highest BCUT2D eigenvalue weighted by molar-refractivity contribution is 7.05. The van der Waals surface area contributed by atoms with Crippen LogP contribution in [0.1, 0.15) is 22.6 Å². The number of fused-ring (bicyclic) bond motifs is 1. The number of nitrogens with zero attached hydrogens (tertiary/aromatic N) is 3. The van der Waals surface area contributed by atoms with Gasteiger partial charge in [0.2, 0.25) is 5.91 Å². The van der Waals surface area contributed by atoms with Crippen LogP contribution in [0, 0.1) is 13.8 Å². The molecular weight excluding hydrogens is 316 g/mol. The van der Waals surface area contributed by atoms with E-state index in [1.165, 1.54) is 16.1 Å². The van der Waals surface area contributed by atoms with Gasteiger partial charge in [0.25, 0.3) is 0 Å². The summed E-state index contributed by atoms with van der Waals surface area (Å²) in [5.74, 6) is -0.576. The molecule has 23 heavy (non-hydrogen) atoms. The number of hydrogen-bond donors (Lipinski definition) is 1. The maximum Gasteiger partial charge on any atom is 0.419 e. The molecule has 1 N–H and O–H groups in total. The molecule has 0 atom stereocenters. The van der Waals surface area contributed by atoms with Crippen molar-refractivity contribution in [3.05, 3.63) is 44.9 Å². The summed E-state index contributed by atoms with van der Waals surface area (Å²) in [5.41, 5.74) is 3.10. The standard InChI is InChI=1S/C15H16N4O3S/c1-9-3-4-12-11(7-9)19(15(21)22-12)6-5-14(20)16-8-13-10(2)17-18-23-13/h3-4,7H,5-6,8H2,1-2H3,(H,16,20). The Morgan fingerprint density at radius 1 is 1.39 bits per heavy atom. The van der Waals surface area contributed by atoms with E-state index >= 15 is 0 Å². The van der Waals surface area contributed by atoms with Crippen molar-refractivity contribution in [2.45, 2.75) is 33.4 Å². The van der Waals surface area contributed by atoms with Crippen LogP contribution in [0.4, 0.5) is 0 Å². The molecule has 1 amide bonds. The van der Waals surface area contributed by atoms with Gasteiger partial charge in [-0.3, -0.25) is 9.36 Å². The molecule has 7 nitrogen and oxygen atoms in total. The Morgan fingerprint density at radius 2 is 2.22 bits per heavy atom. The molecule has 0 spiro atoms. The maximum atomic E-state index is 12.0. The first-order chi connectivity index (χ1) is 11.0. The minimum absolute atomic E-state index is 0.133. The van der Waals surface area contributed by atoms with Crippen molar-refractivity contribution in [3.8, 4) is 0 Å². The van der Waals surface area contributed by atoms with Crippen LogP contribution in [0.5, 0.6) is 0 Å². The molecule has 2 heterocycles. The van der Waals surface area contributed by atoms with Crippen molar-refractivity contribution >= 4 is 28.5 Å². The molecule has 0 bridgehead atoms. The zero-order valence-electron chi connectivity index (χ0n) is 12.8. The molecule has 0 radical (unpaired) electrons. The predicted molar refractivity (Wildman–Crippen MR) is 86.3 cm³/mol. The first-order valence-corrected chi connectivity index (χ1v) is 7.96. The van der Waals surface area contributed by atoms with E-state index in [1.54, 1.807) is 6.07 Å². The van der Waals surface area contributed by atoms with E-state index in [4.69, 9.17) is 4.42 Å². The number of carbonyl (C=O) groups excluding carboxylic acids is 1. The average Bonchev–Trinajstić information content (AvgIpc) is 3.06. The first-order valence-electron chi connectivity index (χ1n) is 7.19. The molecule has 0 aliphatic carbocycles. The number of benzene rings is 1. The summed E-state index contributed by atoms with van der Waals surface area (Å²) in [4.78, 5) is 24.8. The molecule has 0 saturated carbocycles. The fraction of sp³-hybridized carbons (Fsp3) is 0.333. The molecule has 8 heteroatoms. The largest absolute Gasteiger partial charge is 0.419 e. The predicted octanol–water partition coefficient (Wildman–Crippen LogP) is 1.77. The van der Waals surface area contributed by atoms with Crippen molar-refractivity contribution < 1.29 is 9.21 Å². The lowest BCUT2D eigenvalue weighted by atomic mass is 10.2. The van der Waals surface area contributed by atoms with Crippen LogP contribution in [0.25, 0.3) is 11.1 Å². The van der Waals surface area contributed by atoms with Gasteiger partial charge in [-0.25, -0.2) is 4.79 Å². The van der Waals surface area contributed by atoms with Crippen molar-refractivity contribution in [1.82, 2.24) is 19.5 Å². The summed E-state index contributed by atoms with van der Waals surface area (Å²) in [5, 5.41) is 6.71. The highest BCUT2D eigenvalue weighted by atomic mass is 32.1. The monoisotopic (exact) mass is 332 g/mol. The van der Waals surface area contributed by atoms with Gasteiger partial charge in [0.15, 0.2) is 5.58 Å². The topological polar surface area (TPSA) is 90.0 Å². The van der Waals surface area contributed by atoms with Gasteiger partial charge in [0.05, 0.1) is 22.6 Å². The van der Waals surface area contributed by atoms with E-state index in [9.17, 15) is 9.59 Å². The molecule has 0 aliphatic heterocycles. The summed E-state index contributed by atoms with van der Waals surface area (Å²) < 4.78 is 10.5. The molecule has 3 rings (SSSR count). The van der Waals surface area contributed by atoms with Crippen LogP contribution in [0.2, 0.25) is 0 Å². The van der Waals surface area contributed by atoms with Crippen LogP contribution < -0.4 is 11.1 Å². The van der Waals surface area contributed by atoms with Crippen molar-refractivity contribution in [3.63, 3.8) is 0 Å². The molecular formula is C15H16N4O3S. The second-order valence-electron chi connectivity index (χ2n) is 5.30.